The quantitative estimate of drug-likeness (QED) is 0.256. The van der Waals surface area contributed by atoms with Gasteiger partial charge < -0.3 is 15.3 Å². The Labute approximate surface area is 84.9 Å². The number of rotatable bonds is 3. The summed E-state index contributed by atoms with van der Waals surface area (Å²) >= 11 is 0. The van der Waals surface area contributed by atoms with Gasteiger partial charge in [0.2, 0.25) is 0 Å². The third kappa shape index (κ3) is 3.43. The number of nitrogens with one attached hydrogen (secondary N) is 1. The van der Waals surface area contributed by atoms with E-state index in [-0.39, 0.29) is 0 Å². The van der Waals surface area contributed by atoms with Gasteiger partial charge in [0.1, 0.15) is 6.21 Å². The number of benzene rings is 1. The van der Waals surface area contributed by atoms with Crippen LogP contribution >= 0.6 is 0 Å². The molecule has 7 heteroatoms. The molecule has 0 bridgehead atoms. The summed E-state index contributed by atoms with van der Waals surface area (Å²) in [6, 6.07) is 8.86. The highest BCUT2D eigenvalue weighted by Crippen LogP contribution is 2.03. The van der Waals surface area contributed by atoms with Crippen LogP contribution in [0.2, 0.25) is 0 Å². The minimum absolute atomic E-state index is 0.675. The van der Waals surface area contributed by atoms with Crippen molar-refractivity contribution in [3.8, 4) is 0 Å². The van der Waals surface area contributed by atoms with Crippen molar-refractivity contribution in [1.29, 1.82) is 0 Å². The van der Waals surface area contributed by atoms with E-state index in [4.69, 9.17) is 5.21 Å². The minimum atomic E-state index is -0.851. The van der Waals surface area contributed by atoms with Crippen LogP contribution in [0, 0.1) is 10.1 Å². The number of hydrogen-bond acceptors (Lipinski definition) is 6. The number of nitrogens with zero attached hydrogens (tertiary/aromatic N) is 3. The first-order chi connectivity index (χ1) is 7.24. The smallest absolute Gasteiger partial charge is 0.358 e. The highest BCUT2D eigenvalue weighted by atomic mass is 16.6. The second-order valence-corrected chi connectivity index (χ2v) is 2.45. The van der Waals surface area contributed by atoms with Crippen LogP contribution in [0.25, 0.3) is 0 Å². The highest BCUT2D eigenvalue weighted by molar-refractivity contribution is 6.25. The fraction of sp³-hybridized carbons (Fsp3) is 0. The molecule has 78 valence electrons. The van der Waals surface area contributed by atoms with Gasteiger partial charge in [-0.3, -0.25) is 5.43 Å². The maximum Gasteiger partial charge on any atom is 0.429 e. The monoisotopic (exact) mass is 208 g/mol. The largest absolute Gasteiger partial charge is 0.429 e. The number of nitro groups is 1. The van der Waals surface area contributed by atoms with Gasteiger partial charge >= 0.3 is 5.84 Å². The number of oxime groups is 1. The van der Waals surface area contributed by atoms with E-state index in [1.54, 1.807) is 24.3 Å². The Balaban J connectivity index is 2.57. The molecule has 0 aliphatic heterocycles. The highest BCUT2D eigenvalue weighted by Gasteiger charge is 2.07. The molecule has 0 heterocycles. The molecule has 0 aliphatic rings. The third-order valence-corrected chi connectivity index (χ3v) is 1.44. The van der Waals surface area contributed by atoms with Gasteiger partial charge in [-0.2, -0.15) is 5.10 Å². The Bertz CT molecular complexity index is 388. The SMILES string of the molecule is O=[N+]([O-])C(C=NNc1ccccc1)=NO. The van der Waals surface area contributed by atoms with Gasteiger partial charge in [0, 0.05) is 0 Å². The van der Waals surface area contributed by atoms with E-state index in [1.165, 1.54) is 0 Å². The molecule has 0 radical (unpaired) electrons. The first-order valence-electron chi connectivity index (χ1n) is 3.94. The normalized spacial score (nSPS) is 11.6. The zero-order chi connectivity index (χ0) is 11.1. The zero-order valence-electron chi connectivity index (χ0n) is 7.57. The van der Waals surface area contributed by atoms with Gasteiger partial charge in [-0.15, -0.1) is 0 Å². The van der Waals surface area contributed by atoms with Crippen LogP contribution in [-0.4, -0.2) is 22.2 Å². The second kappa shape index (κ2) is 5.32. The molecule has 0 aromatic heterocycles. The molecule has 7 nitrogen and oxygen atoms in total. The molecule has 0 amide bonds. The van der Waals surface area contributed by atoms with E-state index in [0.29, 0.717) is 5.69 Å². The summed E-state index contributed by atoms with van der Waals surface area (Å²) in [5.41, 5.74) is 3.21. The van der Waals surface area contributed by atoms with Crippen LogP contribution in [0.4, 0.5) is 5.69 Å². The Kier molecular flexibility index (Phi) is 3.78. The topological polar surface area (TPSA) is 100 Å². The van der Waals surface area contributed by atoms with Gasteiger partial charge in [0.25, 0.3) is 0 Å². The fourth-order valence-corrected chi connectivity index (χ4v) is 0.787. The summed E-state index contributed by atoms with van der Waals surface area (Å²) in [7, 11) is 0. The fourth-order valence-electron chi connectivity index (χ4n) is 0.787. The molecule has 1 aromatic carbocycles. The predicted molar refractivity (Wildman–Crippen MR) is 54.8 cm³/mol. The summed E-state index contributed by atoms with van der Waals surface area (Å²) in [5, 5.41) is 24.4. The van der Waals surface area contributed by atoms with E-state index in [9.17, 15) is 10.1 Å². The van der Waals surface area contributed by atoms with Gasteiger partial charge in [-0.25, -0.2) is 0 Å². The van der Waals surface area contributed by atoms with Crippen LogP contribution in [0.15, 0.2) is 40.6 Å². The number of anilines is 1. The lowest BCUT2D eigenvalue weighted by Crippen LogP contribution is -2.13. The van der Waals surface area contributed by atoms with Gasteiger partial charge in [-0.1, -0.05) is 18.2 Å². The average molecular weight is 208 g/mol. The zero-order valence-corrected chi connectivity index (χ0v) is 7.57. The Hall–Kier alpha value is -2.44. The van der Waals surface area contributed by atoms with Gasteiger partial charge in [0.15, 0.2) is 5.16 Å². The lowest BCUT2D eigenvalue weighted by atomic mass is 10.3. The van der Waals surface area contributed by atoms with Gasteiger partial charge in [-0.05, 0) is 17.1 Å². The number of hydrogen-bond donors (Lipinski definition) is 2. The molecule has 0 unspecified atom stereocenters. The van der Waals surface area contributed by atoms with Crippen LogP contribution in [0.5, 0.6) is 0 Å². The maximum atomic E-state index is 10.2. The first-order valence-corrected chi connectivity index (χ1v) is 3.94. The lowest BCUT2D eigenvalue weighted by molar-refractivity contribution is -0.347. The summed E-state index contributed by atoms with van der Waals surface area (Å²) in [6.07, 6.45) is 0.812. The van der Waals surface area contributed by atoms with Crippen LogP contribution in [0.1, 0.15) is 0 Å². The van der Waals surface area contributed by atoms with Crippen LogP contribution in [0.3, 0.4) is 0 Å². The Morgan fingerprint density at radius 1 is 1.47 bits per heavy atom. The molecule has 1 aromatic rings. The summed E-state index contributed by atoms with van der Waals surface area (Å²) < 4.78 is 0. The summed E-state index contributed by atoms with van der Waals surface area (Å²) in [6.45, 7) is 0. The van der Waals surface area contributed by atoms with E-state index in [2.05, 4.69) is 15.7 Å². The van der Waals surface area contributed by atoms with Crippen molar-refractivity contribution >= 4 is 17.7 Å². The van der Waals surface area contributed by atoms with Crippen molar-refractivity contribution in [2.75, 3.05) is 5.43 Å². The summed E-state index contributed by atoms with van der Waals surface area (Å²) in [4.78, 5) is 9.32. The van der Waals surface area contributed by atoms with Crippen molar-refractivity contribution in [3.63, 3.8) is 0 Å². The van der Waals surface area contributed by atoms with Crippen molar-refractivity contribution in [2.24, 2.45) is 10.3 Å². The van der Waals surface area contributed by atoms with E-state index >= 15 is 0 Å². The van der Waals surface area contributed by atoms with Crippen molar-refractivity contribution in [3.05, 3.63) is 40.4 Å². The molecule has 0 saturated heterocycles. The number of hydrazone groups is 1. The first kappa shape index (κ1) is 10.6. The van der Waals surface area contributed by atoms with Gasteiger partial charge in [0.05, 0.1) is 5.69 Å². The van der Waals surface area contributed by atoms with E-state index in [0.717, 1.165) is 6.21 Å². The molecule has 0 aliphatic carbocycles. The Morgan fingerprint density at radius 2 is 2.13 bits per heavy atom. The van der Waals surface area contributed by atoms with Crippen LogP contribution < -0.4 is 5.43 Å². The molecule has 0 saturated carbocycles. The molecule has 2 N–H and O–H groups in total. The molecular formula is C8H8N4O3. The predicted octanol–water partition coefficient (Wildman–Crippen LogP) is 1.15. The van der Waals surface area contributed by atoms with E-state index in [1.807, 2.05) is 6.07 Å². The lowest BCUT2D eigenvalue weighted by Gasteiger charge is -1.96. The van der Waals surface area contributed by atoms with Crippen molar-refractivity contribution in [1.82, 2.24) is 0 Å². The standard InChI is InChI=1S/C8H8N4O3/c13-11-8(12(14)15)6-9-10-7-4-2-1-3-5-7/h1-6,10,13H. The molecule has 0 fully saturated rings. The molecular weight excluding hydrogens is 200 g/mol. The van der Waals surface area contributed by atoms with E-state index < -0.39 is 10.8 Å². The third-order valence-electron chi connectivity index (χ3n) is 1.44. The summed E-state index contributed by atoms with van der Waals surface area (Å²) in [5.74, 6) is -0.738. The van der Waals surface area contributed by atoms with Crippen LogP contribution in [-0.2, 0) is 0 Å². The Morgan fingerprint density at radius 3 is 2.67 bits per heavy atom. The molecule has 0 atom stereocenters. The molecule has 0 spiro atoms. The molecule has 15 heavy (non-hydrogen) atoms. The maximum absolute atomic E-state index is 10.2. The minimum Gasteiger partial charge on any atom is -0.358 e. The number of para-hydroxylation sites is 1. The second-order valence-electron chi connectivity index (χ2n) is 2.45. The van der Waals surface area contributed by atoms with Crippen molar-refractivity contribution in [2.45, 2.75) is 0 Å². The molecule has 1 rings (SSSR count). The average Bonchev–Trinajstić information content (AvgIpc) is 2.25. The number of amidine groups is 1. The van der Waals surface area contributed by atoms with Crippen molar-refractivity contribution < 1.29 is 10.1 Å².